The summed E-state index contributed by atoms with van der Waals surface area (Å²) in [5, 5.41) is 12.2. The molecule has 5 nitrogen and oxygen atoms in total. The summed E-state index contributed by atoms with van der Waals surface area (Å²) in [4.78, 5) is 10.4. The summed E-state index contributed by atoms with van der Waals surface area (Å²) >= 11 is 1.42. The third-order valence-corrected chi connectivity index (χ3v) is 2.62. The molecule has 14 heavy (non-hydrogen) atoms. The fourth-order valence-corrected chi connectivity index (χ4v) is 1.69. The number of carboxylic acid groups (broad SMARTS) is 1. The van der Waals surface area contributed by atoms with Crippen LogP contribution in [0.15, 0.2) is 10.6 Å². The maximum absolute atomic E-state index is 10.4. The third kappa shape index (κ3) is 3.39. The topological polar surface area (TPSA) is 89.4 Å². The molecule has 0 saturated carbocycles. The van der Waals surface area contributed by atoms with Crippen LogP contribution in [0, 0.1) is 6.92 Å². The predicted molar refractivity (Wildman–Crippen MR) is 53.0 cm³/mol. The Hall–Kier alpha value is -1.01. The van der Waals surface area contributed by atoms with Crippen molar-refractivity contribution >= 4 is 17.7 Å². The Balaban J connectivity index is 2.25. The van der Waals surface area contributed by atoms with Crippen molar-refractivity contribution in [2.24, 2.45) is 5.73 Å². The van der Waals surface area contributed by atoms with E-state index in [-0.39, 0.29) is 0 Å². The predicted octanol–water partition coefficient (Wildman–Crippen LogP) is 0.628. The van der Waals surface area contributed by atoms with Crippen LogP contribution in [0.1, 0.15) is 11.5 Å². The number of aromatic nitrogens is 1. The lowest BCUT2D eigenvalue weighted by molar-refractivity contribution is -0.137. The number of nitrogens with two attached hydrogens (primary N) is 1. The van der Waals surface area contributed by atoms with Crippen LogP contribution in [0.3, 0.4) is 0 Å². The van der Waals surface area contributed by atoms with Gasteiger partial charge in [0, 0.05) is 11.8 Å². The minimum absolute atomic E-state index is 0.370. The fourth-order valence-electron chi connectivity index (χ4n) is 0.842. The van der Waals surface area contributed by atoms with Crippen molar-refractivity contribution in [3.8, 4) is 0 Å². The minimum atomic E-state index is -0.980. The fraction of sp³-hybridized carbons (Fsp3) is 0.500. The van der Waals surface area contributed by atoms with E-state index in [9.17, 15) is 4.79 Å². The van der Waals surface area contributed by atoms with Gasteiger partial charge in [-0.2, -0.15) is 11.8 Å². The average Bonchev–Trinajstić information content (AvgIpc) is 2.51. The average molecular weight is 216 g/mol. The minimum Gasteiger partial charge on any atom is -0.480 e. The first kappa shape index (κ1) is 11.1. The molecule has 0 amide bonds. The molecule has 0 aromatic carbocycles. The van der Waals surface area contributed by atoms with Gasteiger partial charge in [0.25, 0.3) is 0 Å². The van der Waals surface area contributed by atoms with Crippen LogP contribution in [0.25, 0.3) is 0 Å². The van der Waals surface area contributed by atoms with Crippen LogP contribution in [-0.4, -0.2) is 28.0 Å². The quantitative estimate of drug-likeness (QED) is 0.750. The molecule has 0 aliphatic heterocycles. The van der Waals surface area contributed by atoms with Crippen LogP contribution in [-0.2, 0) is 10.5 Å². The molecule has 78 valence electrons. The first-order valence-corrected chi connectivity index (χ1v) is 5.23. The number of thioether (sulfide) groups is 1. The van der Waals surface area contributed by atoms with E-state index in [1.807, 2.05) is 13.0 Å². The van der Waals surface area contributed by atoms with Crippen LogP contribution < -0.4 is 5.73 Å². The molecule has 6 heteroatoms. The van der Waals surface area contributed by atoms with E-state index in [2.05, 4.69) is 5.16 Å². The second-order valence-electron chi connectivity index (χ2n) is 2.89. The van der Waals surface area contributed by atoms with E-state index < -0.39 is 12.0 Å². The van der Waals surface area contributed by atoms with Crippen molar-refractivity contribution in [2.75, 3.05) is 5.75 Å². The second kappa shape index (κ2) is 5.02. The highest BCUT2D eigenvalue weighted by Gasteiger charge is 2.11. The normalized spacial score (nSPS) is 12.7. The van der Waals surface area contributed by atoms with Gasteiger partial charge in [-0.25, -0.2) is 0 Å². The number of aliphatic carboxylic acids is 1. The number of rotatable bonds is 5. The third-order valence-electron chi connectivity index (χ3n) is 1.54. The Bertz CT molecular complexity index is 313. The zero-order chi connectivity index (χ0) is 10.6. The molecule has 3 N–H and O–H groups in total. The molecular formula is C8H12N2O3S. The van der Waals surface area contributed by atoms with Crippen LogP contribution >= 0.6 is 11.8 Å². The van der Waals surface area contributed by atoms with Gasteiger partial charge in [-0.1, -0.05) is 5.16 Å². The molecule has 1 aromatic rings. The highest BCUT2D eigenvalue weighted by atomic mass is 32.2. The van der Waals surface area contributed by atoms with Crippen LogP contribution in [0.2, 0.25) is 0 Å². The molecule has 1 aromatic heterocycles. The van der Waals surface area contributed by atoms with E-state index in [0.29, 0.717) is 11.5 Å². The van der Waals surface area contributed by atoms with Gasteiger partial charge in [-0.3, -0.25) is 4.79 Å². The number of hydrogen-bond acceptors (Lipinski definition) is 5. The van der Waals surface area contributed by atoms with Gasteiger partial charge in [-0.05, 0) is 6.92 Å². The molecule has 1 unspecified atom stereocenters. The lowest BCUT2D eigenvalue weighted by Crippen LogP contribution is -2.32. The van der Waals surface area contributed by atoms with E-state index in [4.69, 9.17) is 15.4 Å². The number of carboxylic acids is 1. The summed E-state index contributed by atoms with van der Waals surface area (Å²) < 4.78 is 4.95. The summed E-state index contributed by atoms with van der Waals surface area (Å²) in [5.41, 5.74) is 6.14. The van der Waals surface area contributed by atoms with E-state index in [1.54, 1.807) is 0 Å². The Morgan fingerprint density at radius 2 is 2.57 bits per heavy atom. The second-order valence-corrected chi connectivity index (χ2v) is 3.92. The van der Waals surface area contributed by atoms with Gasteiger partial charge < -0.3 is 15.4 Å². The van der Waals surface area contributed by atoms with Crippen molar-refractivity contribution in [1.82, 2.24) is 5.16 Å². The van der Waals surface area contributed by atoms with E-state index in [0.717, 1.165) is 11.5 Å². The summed E-state index contributed by atoms with van der Waals surface area (Å²) in [7, 11) is 0. The van der Waals surface area contributed by atoms with Crippen molar-refractivity contribution < 1.29 is 14.4 Å². The molecule has 0 fully saturated rings. The Morgan fingerprint density at radius 3 is 3.07 bits per heavy atom. The molecule has 0 spiro atoms. The number of hydrogen-bond donors (Lipinski definition) is 2. The molecule has 1 atom stereocenters. The highest BCUT2D eigenvalue weighted by Crippen LogP contribution is 2.13. The van der Waals surface area contributed by atoms with Gasteiger partial charge in [0.2, 0.25) is 0 Å². The first-order valence-electron chi connectivity index (χ1n) is 4.08. The van der Waals surface area contributed by atoms with Gasteiger partial charge in [0.05, 0.1) is 11.4 Å². The van der Waals surface area contributed by atoms with E-state index in [1.165, 1.54) is 11.8 Å². The Kier molecular flexibility index (Phi) is 3.97. The Morgan fingerprint density at radius 1 is 1.86 bits per heavy atom. The summed E-state index contributed by atoms with van der Waals surface area (Å²) in [6.45, 7) is 1.83. The monoisotopic (exact) mass is 216 g/mol. The van der Waals surface area contributed by atoms with Crippen LogP contribution in [0.5, 0.6) is 0 Å². The SMILES string of the molecule is Cc1cc(CSCC(N)C(=O)O)on1. The molecule has 0 bridgehead atoms. The summed E-state index contributed by atoms with van der Waals surface area (Å²) in [6, 6.07) is 1.00. The zero-order valence-corrected chi connectivity index (χ0v) is 8.58. The Labute approximate surface area is 85.6 Å². The molecule has 0 saturated heterocycles. The molecule has 1 rings (SSSR count). The van der Waals surface area contributed by atoms with E-state index >= 15 is 0 Å². The van der Waals surface area contributed by atoms with Crippen molar-refractivity contribution in [3.05, 3.63) is 17.5 Å². The highest BCUT2D eigenvalue weighted by molar-refractivity contribution is 7.98. The lowest BCUT2D eigenvalue weighted by atomic mass is 10.4. The van der Waals surface area contributed by atoms with Crippen molar-refractivity contribution in [2.45, 2.75) is 18.7 Å². The standard InChI is InChI=1S/C8H12N2O3S/c1-5-2-6(13-10-5)3-14-4-7(9)8(11)12/h2,7H,3-4,9H2,1H3,(H,11,12). The van der Waals surface area contributed by atoms with Gasteiger partial charge in [0.15, 0.2) is 0 Å². The molecule has 0 aliphatic rings. The van der Waals surface area contributed by atoms with Gasteiger partial charge in [0.1, 0.15) is 11.8 Å². The molecule has 0 radical (unpaired) electrons. The maximum atomic E-state index is 10.4. The van der Waals surface area contributed by atoms with Gasteiger partial charge >= 0.3 is 5.97 Å². The summed E-state index contributed by atoms with van der Waals surface area (Å²) in [5.74, 6) is 0.730. The molecule has 0 aliphatic carbocycles. The number of carbonyl (C=O) groups is 1. The number of nitrogens with zero attached hydrogens (tertiary/aromatic N) is 1. The van der Waals surface area contributed by atoms with Crippen molar-refractivity contribution in [1.29, 1.82) is 0 Å². The first-order chi connectivity index (χ1) is 6.59. The van der Waals surface area contributed by atoms with Crippen molar-refractivity contribution in [3.63, 3.8) is 0 Å². The zero-order valence-electron chi connectivity index (χ0n) is 7.77. The molecular weight excluding hydrogens is 204 g/mol. The maximum Gasteiger partial charge on any atom is 0.321 e. The van der Waals surface area contributed by atoms with Crippen LogP contribution in [0.4, 0.5) is 0 Å². The lowest BCUT2D eigenvalue weighted by Gasteiger charge is -2.03. The summed E-state index contributed by atoms with van der Waals surface area (Å²) in [6.07, 6.45) is 0. The number of aryl methyl sites for hydroxylation is 1. The largest absolute Gasteiger partial charge is 0.480 e. The molecule has 1 heterocycles. The smallest absolute Gasteiger partial charge is 0.321 e. The van der Waals surface area contributed by atoms with Gasteiger partial charge in [-0.15, -0.1) is 0 Å².